The van der Waals surface area contributed by atoms with Crippen molar-refractivity contribution in [3.05, 3.63) is 76.6 Å². The summed E-state index contributed by atoms with van der Waals surface area (Å²) in [6, 6.07) is 15.5. The van der Waals surface area contributed by atoms with Crippen molar-refractivity contribution < 1.29 is 14.3 Å². The van der Waals surface area contributed by atoms with Gasteiger partial charge in [-0.1, -0.05) is 23.7 Å². The van der Waals surface area contributed by atoms with Crippen LogP contribution in [0.1, 0.15) is 23.2 Å². The van der Waals surface area contributed by atoms with Gasteiger partial charge in [0.25, 0.3) is 0 Å². The smallest absolute Gasteiger partial charge is 0.231 e. The maximum Gasteiger partial charge on any atom is 0.231 e. The SMILES string of the molecule is Cc1ccn(CCC(=O)N(Cc2ccc3c(c2)OCO3)Cc2cc3ccc(Cl)cc3nc2N(C)C)n1. The van der Waals surface area contributed by atoms with Gasteiger partial charge in [-0.15, -0.1) is 0 Å². The van der Waals surface area contributed by atoms with Crippen LogP contribution in [0.4, 0.5) is 5.82 Å². The maximum absolute atomic E-state index is 13.5. The van der Waals surface area contributed by atoms with Crippen LogP contribution in [-0.4, -0.2) is 46.5 Å². The van der Waals surface area contributed by atoms with Gasteiger partial charge in [-0.25, -0.2) is 4.98 Å². The molecule has 1 aliphatic heterocycles. The molecule has 0 unspecified atom stereocenters. The van der Waals surface area contributed by atoms with E-state index in [2.05, 4.69) is 11.2 Å². The standard InChI is InChI=1S/C27H28ClN5O3/c1-18-8-10-33(30-18)11-9-26(34)32(15-19-4-7-24-25(12-19)36-17-35-24)16-21-13-20-5-6-22(28)14-23(20)29-27(21)31(2)3/h4-8,10,12-14H,9,11,15-17H2,1-3H3. The molecule has 5 rings (SSSR count). The van der Waals surface area contributed by atoms with E-state index in [-0.39, 0.29) is 12.7 Å². The minimum atomic E-state index is 0.0294. The first-order chi connectivity index (χ1) is 17.4. The fourth-order valence-corrected chi connectivity index (χ4v) is 4.50. The maximum atomic E-state index is 13.5. The van der Waals surface area contributed by atoms with E-state index in [4.69, 9.17) is 26.1 Å². The number of hydrogen-bond acceptors (Lipinski definition) is 6. The molecule has 2 aromatic carbocycles. The van der Waals surface area contributed by atoms with Gasteiger partial charge in [0.1, 0.15) is 5.82 Å². The van der Waals surface area contributed by atoms with Crippen molar-refractivity contribution in [3.63, 3.8) is 0 Å². The van der Waals surface area contributed by atoms with Gasteiger partial charge in [-0.2, -0.15) is 5.10 Å². The zero-order valence-corrected chi connectivity index (χ0v) is 21.3. The van der Waals surface area contributed by atoms with E-state index in [0.717, 1.165) is 39.3 Å². The molecule has 2 aromatic heterocycles. The number of halogens is 1. The molecule has 0 bridgehead atoms. The Morgan fingerprint density at radius 3 is 2.67 bits per heavy atom. The Balaban J connectivity index is 1.45. The van der Waals surface area contributed by atoms with Crippen molar-refractivity contribution >= 4 is 34.2 Å². The highest BCUT2D eigenvalue weighted by Crippen LogP contribution is 2.33. The second-order valence-electron chi connectivity index (χ2n) is 9.11. The molecule has 0 atom stereocenters. The molecule has 186 valence electrons. The van der Waals surface area contributed by atoms with Gasteiger partial charge < -0.3 is 19.3 Å². The molecule has 0 aliphatic carbocycles. The molecule has 36 heavy (non-hydrogen) atoms. The first-order valence-corrected chi connectivity index (χ1v) is 12.2. The summed E-state index contributed by atoms with van der Waals surface area (Å²) in [5, 5.41) is 6.03. The van der Waals surface area contributed by atoms with Crippen LogP contribution in [0.3, 0.4) is 0 Å². The monoisotopic (exact) mass is 505 g/mol. The average molecular weight is 506 g/mol. The predicted molar refractivity (Wildman–Crippen MR) is 139 cm³/mol. The number of nitrogens with zero attached hydrogens (tertiary/aromatic N) is 5. The van der Waals surface area contributed by atoms with Gasteiger partial charge in [-0.05, 0) is 48.9 Å². The fourth-order valence-electron chi connectivity index (χ4n) is 4.33. The molecule has 9 heteroatoms. The Morgan fingerprint density at radius 2 is 1.89 bits per heavy atom. The fraction of sp³-hybridized carbons (Fsp3) is 0.296. The van der Waals surface area contributed by atoms with Gasteiger partial charge in [0, 0.05) is 62.3 Å². The number of rotatable bonds is 8. The Morgan fingerprint density at radius 1 is 1.06 bits per heavy atom. The zero-order chi connectivity index (χ0) is 25.2. The van der Waals surface area contributed by atoms with E-state index in [1.165, 1.54) is 0 Å². The molecule has 3 heterocycles. The third-order valence-electron chi connectivity index (χ3n) is 6.11. The molecule has 0 spiro atoms. The van der Waals surface area contributed by atoms with Crippen molar-refractivity contribution in [2.45, 2.75) is 33.0 Å². The first kappa shape index (κ1) is 23.9. The van der Waals surface area contributed by atoms with Crippen molar-refractivity contribution in [2.24, 2.45) is 0 Å². The van der Waals surface area contributed by atoms with E-state index in [1.807, 2.05) is 79.5 Å². The number of aryl methyl sites for hydroxylation is 2. The lowest BCUT2D eigenvalue weighted by Gasteiger charge is -2.26. The first-order valence-electron chi connectivity index (χ1n) is 11.8. The van der Waals surface area contributed by atoms with Gasteiger partial charge in [0.2, 0.25) is 12.7 Å². The van der Waals surface area contributed by atoms with Gasteiger partial charge in [0.15, 0.2) is 11.5 Å². The molecule has 0 N–H and O–H groups in total. The number of carbonyl (C=O) groups is 1. The van der Waals surface area contributed by atoms with Crippen LogP contribution in [0, 0.1) is 6.92 Å². The Bertz CT molecular complexity index is 1420. The molecule has 0 radical (unpaired) electrons. The average Bonchev–Trinajstić information content (AvgIpc) is 3.49. The highest BCUT2D eigenvalue weighted by molar-refractivity contribution is 6.31. The summed E-state index contributed by atoms with van der Waals surface area (Å²) in [7, 11) is 3.90. The summed E-state index contributed by atoms with van der Waals surface area (Å²) in [4.78, 5) is 22.2. The van der Waals surface area contributed by atoms with Gasteiger partial charge in [-0.3, -0.25) is 9.48 Å². The Hall–Kier alpha value is -3.78. The number of carbonyl (C=O) groups excluding carboxylic acids is 1. The minimum absolute atomic E-state index is 0.0294. The number of fused-ring (bicyclic) bond motifs is 2. The summed E-state index contributed by atoms with van der Waals surface area (Å²) < 4.78 is 12.8. The van der Waals surface area contributed by atoms with E-state index in [9.17, 15) is 4.79 Å². The molecule has 8 nitrogen and oxygen atoms in total. The minimum Gasteiger partial charge on any atom is -0.454 e. The molecular weight excluding hydrogens is 478 g/mol. The van der Waals surface area contributed by atoms with E-state index in [1.54, 1.807) is 4.68 Å². The zero-order valence-electron chi connectivity index (χ0n) is 20.6. The van der Waals surface area contributed by atoms with E-state index >= 15 is 0 Å². The third-order valence-corrected chi connectivity index (χ3v) is 6.35. The molecule has 1 amide bonds. The molecule has 0 saturated carbocycles. The number of ether oxygens (including phenoxy) is 2. The molecule has 4 aromatic rings. The second-order valence-corrected chi connectivity index (χ2v) is 9.55. The lowest BCUT2D eigenvalue weighted by atomic mass is 10.1. The summed E-state index contributed by atoms with van der Waals surface area (Å²) in [5.41, 5.74) is 3.67. The summed E-state index contributed by atoms with van der Waals surface area (Å²) in [6.07, 6.45) is 2.23. The number of anilines is 1. The predicted octanol–water partition coefficient (Wildman–Crippen LogP) is 4.81. The summed E-state index contributed by atoms with van der Waals surface area (Å²) in [5.74, 6) is 2.25. The number of hydrogen-bond donors (Lipinski definition) is 0. The molecular formula is C27H28ClN5O3. The number of aromatic nitrogens is 3. The van der Waals surface area contributed by atoms with Crippen molar-refractivity contribution in [3.8, 4) is 11.5 Å². The largest absolute Gasteiger partial charge is 0.454 e. The van der Waals surface area contributed by atoms with E-state index < -0.39 is 0 Å². The molecule has 1 aliphatic rings. The normalized spacial score (nSPS) is 12.2. The van der Waals surface area contributed by atoms with Crippen LogP contribution in [0.2, 0.25) is 5.02 Å². The molecule has 0 fully saturated rings. The van der Waals surface area contributed by atoms with Crippen LogP contribution in [0.25, 0.3) is 10.9 Å². The number of amides is 1. The summed E-state index contributed by atoms with van der Waals surface area (Å²) >= 11 is 6.20. The highest BCUT2D eigenvalue weighted by atomic mass is 35.5. The number of benzene rings is 2. The highest BCUT2D eigenvalue weighted by Gasteiger charge is 2.21. The van der Waals surface area contributed by atoms with Crippen molar-refractivity contribution in [2.75, 3.05) is 25.8 Å². The number of pyridine rings is 1. The molecule has 0 saturated heterocycles. The topological polar surface area (TPSA) is 72.7 Å². The lowest BCUT2D eigenvalue weighted by Crippen LogP contribution is -2.31. The third kappa shape index (κ3) is 5.23. The van der Waals surface area contributed by atoms with Gasteiger partial charge in [0.05, 0.1) is 11.2 Å². The van der Waals surface area contributed by atoms with Crippen molar-refractivity contribution in [1.29, 1.82) is 0 Å². The van der Waals surface area contributed by atoms with Crippen LogP contribution in [0.5, 0.6) is 11.5 Å². The quantitative estimate of drug-likeness (QED) is 0.342. The second kappa shape index (κ2) is 10.1. The Kier molecular flexibility index (Phi) is 6.69. The lowest BCUT2D eigenvalue weighted by molar-refractivity contribution is -0.132. The summed E-state index contributed by atoms with van der Waals surface area (Å²) in [6.45, 7) is 3.50. The van der Waals surface area contributed by atoms with Crippen LogP contribution in [-0.2, 0) is 24.4 Å². The Labute approximate surface area is 215 Å². The van der Waals surface area contributed by atoms with Crippen molar-refractivity contribution in [1.82, 2.24) is 19.7 Å². The van der Waals surface area contributed by atoms with E-state index in [0.29, 0.717) is 36.8 Å². The van der Waals surface area contributed by atoms with Crippen LogP contribution < -0.4 is 14.4 Å². The van der Waals surface area contributed by atoms with Crippen LogP contribution >= 0.6 is 11.6 Å². The van der Waals surface area contributed by atoms with Crippen LogP contribution in [0.15, 0.2) is 54.7 Å². The van der Waals surface area contributed by atoms with Gasteiger partial charge >= 0.3 is 0 Å².